The minimum absolute atomic E-state index is 0.0418. The number of carbonyl (C=O) groups excluding carboxylic acids is 1. The van der Waals surface area contributed by atoms with Gasteiger partial charge >= 0.3 is 0 Å². The van der Waals surface area contributed by atoms with Gasteiger partial charge in [0.2, 0.25) is 15.9 Å². The fraction of sp³-hybridized carbons (Fsp3) is 0.208. The van der Waals surface area contributed by atoms with Crippen molar-refractivity contribution in [1.82, 2.24) is 10.0 Å². The Bertz CT molecular complexity index is 1140. The summed E-state index contributed by atoms with van der Waals surface area (Å²) in [6, 6.07) is 21.9. The van der Waals surface area contributed by atoms with Gasteiger partial charge in [-0.15, -0.1) is 0 Å². The van der Waals surface area contributed by atoms with E-state index in [0.29, 0.717) is 18.9 Å². The molecule has 2 N–H and O–H groups in total. The van der Waals surface area contributed by atoms with Gasteiger partial charge in [-0.3, -0.25) is 4.79 Å². The average Bonchev–Trinajstić information content (AvgIpc) is 2.79. The highest BCUT2D eigenvalue weighted by atomic mass is 35.5. The molecule has 0 fully saturated rings. The molecule has 0 aliphatic rings. The van der Waals surface area contributed by atoms with Crippen molar-refractivity contribution in [3.05, 3.63) is 95.0 Å². The lowest BCUT2D eigenvalue weighted by Crippen LogP contribution is -2.47. The number of rotatable bonds is 10. The summed E-state index contributed by atoms with van der Waals surface area (Å²) in [6.45, 7) is 2.51. The van der Waals surface area contributed by atoms with E-state index < -0.39 is 22.0 Å². The van der Waals surface area contributed by atoms with Crippen LogP contribution in [-0.2, 0) is 27.8 Å². The van der Waals surface area contributed by atoms with E-state index in [9.17, 15) is 13.2 Å². The monoisotopic (exact) mass is 472 g/mol. The van der Waals surface area contributed by atoms with Gasteiger partial charge in [-0.1, -0.05) is 72.3 Å². The number of nitrogens with one attached hydrogen (secondary N) is 2. The molecule has 0 aliphatic heterocycles. The molecule has 6 nitrogen and oxygen atoms in total. The standard InChI is InChI=1S/C24H25ClN2O4S/c1-2-31-23-14-13-20(16-21(23)25)32(29,30)27-22(15-18-9-5-3-6-10-18)24(28)26-17-19-11-7-4-8-12-19/h3-14,16,22,27H,2,15,17H2,1H3,(H,26,28)/t22-/m0/s1. The smallest absolute Gasteiger partial charge is 0.241 e. The zero-order valence-corrected chi connectivity index (χ0v) is 19.2. The highest BCUT2D eigenvalue weighted by Crippen LogP contribution is 2.27. The number of hydrogen-bond acceptors (Lipinski definition) is 4. The average molecular weight is 473 g/mol. The largest absolute Gasteiger partial charge is 0.492 e. The van der Waals surface area contributed by atoms with Crippen molar-refractivity contribution in [3.8, 4) is 5.75 Å². The Labute approximate surface area is 193 Å². The van der Waals surface area contributed by atoms with Crippen molar-refractivity contribution < 1.29 is 17.9 Å². The Kier molecular flexibility index (Phi) is 8.27. The quantitative estimate of drug-likeness (QED) is 0.468. The second kappa shape index (κ2) is 11.1. The number of hydrogen-bond donors (Lipinski definition) is 2. The van der Waals surface area contributed by atoms with Crippen LogP contribution in [0.15, 0.2) is 83.8 Å². The summed E-state index contributed by atoms with van der Waals surface area (Å²) in [6.07, 6.45) is 0.200. The Morgan fingerprint density at radius 2 is 1.59 bits per heavy atom. The molecule has 3 aromatic rings. The van der Waals surface area contributed by atoms with E-state index in [1.807, 2.05) is 67.6 Å². The fourth-order valence-electron chi connectivity index (χ4n) is 3.12. The zero-order chi connectivity index (χ0) is 23.0. The summed E-state index contributed by atoms with van der Waals surface area (Å²) in [5, 5.41) is 3.00. The van der Waals surface area contributed by atoms with Crippen molar-refractivity contribution in [3.63, 3.8) is 0 Å². The predicted octanol–water partition coefficient (Wildman–Crippen LogP) is 3.94. The molecule has 168 valence electrons. The Balaban J connectivity index is 1.80. The SMILES string of the molecule is CCOc1ccc(S(=O)(=O)N[C@@H](Cc2ccccc2)C(=O)NCc2ccccc2)cc1Cl. The minimum atomic E-state index is -4.01. The maximum Gasteiger partial charge on any atom is 0.241 e. The molecular formula is C24H25ClN2O4S. The first kappa shape index (κ1) is 23.8. The summed E-state index contributed by atoms with van der Waals surface area (Å²) in [4.78, 5) is 12.9. The van der Waals surface area contributed by atoms with Crippen LogP contribution in [0, 0.1) is 0 Å². The van der Waals surface area contributed by atoms with E-state index in [4.69, 9.17) is 16.3 Å². The maximum atomic E-state index is 13.0. The molecule has 3 rings (SSSR count). The van der Waals surface area contributed by atoms with Crippen LogP contribution in [0.25, 0.3) is 0 Å². The van der Waals surface area contributed by atoms with Crippen LogP contribution in [0.1, 0.15) is 18.1 Å². The van der Waals surface area contributed by atoms with Gasteiger partial charge in [0, 0.05) is 6.54 Å². The lowest BCUT2D eigenvalue weighted by Gasteiger charge is -2.19. The van der Waals surface area contributed by atoms with Crippen LogP contribution < -0.4 is 14.8 Å². The summed E-state index contributed by atoms with van der Waals surface area (Å²) in [5.41, 5.74) is 1.75. The zero-order valence-electron chi connectivity index (χ0n) is 17.6. The van der Waals surface area contributed by atoms with Crippen molar-refractivity contribution >= 4 is 27.5 Å². The van der Waals surface area contributed by atoms with Gasteiger partial charge in [0.25, 0.3) is 0 Å². The van der Waals surface area contributed by atoms with E-state index in [-0.39, 0.29) is 16.3 Å². The van der Waals surface area contributed by atoms with Gasteiger partial charge in [0.1, 0.15) is 11.8 Å². The number of halogens is 1. The molecule has 1 atom stereocenters. The molecule has 3 aromatic carbocycles. The second-order valence-electron chi connectivity index (χ2n) is 7.09. The second-order valence-corrected chi connectivity index (χ2v) is 9.21. The van der Waals surface area contributed by atoms with Crippen LogP contribution >= 0.6 is 11.6 Å². The number of sulfonamides is 1. The summed E-state index contributed by atoms with van der Waals surface area (Å²) in [5.74, 6) is -0.0205. The summed E-state index contributed by atoms with van der Waals surface area (Å²) >= 11 is 6.16. The lowest BCUT2D eigenvalue weighted by atomic mass is 10.1. The first-order valence-corrected chi connectivity index (χ1v) is 12.1. The first-order valence-electron chi connectivity index (χ1n) is 10.2. The number of ether oxygens (including phenoxy) is 1. The molecule has 8 heteroatoms. The van der Waals surface area contributed by atoms with E-state index >= 15 is 0 Å². The van der Waals surface area contributed by atoms with Gasteiger partial charge in [0.05, 0.1) is 16.5 Å². The summed E-state index contributed by atoms with van der Waals surface area (Å²) < 4.78 is 34.0. The number of carbonyl (C=O) groups is 1. The summed E-state index contributed by atoms with van der Waals surface area (Å²) in [7, 11) is -4.01. The topological polar surface area (TPSA) is 84.5 Å². The van der Waals surface area contributed by atoms with Crippen LogP contribution in [0.5, 0.6) is 5.75 Å². The highest BCUT2D eigenvalue weighted by molar-refractivity contribution is 7.89. The van der Waals surface area contributed by atoms with Crippen molar-refractivity contribution in [1.29, 1.82) is 0 Å². The van der Waals surface area contributed by atoms with Gasteiger partial charge in [0.15, 0.2) is 0 Å². The first-order chi connectivity index (χ1) is 15.4. The lowest BCUT2D eigenvalue weighted by molar-refractivity contribution is -0.122. The van der Waals surface area contributed by atoms with E-state index in [1.54, 1.807) is 0 Å². The molecule has 0 unspecified atom stereocenters. The molecule has 1 amide bonds. The number of benzene rings is 3. The molecule has 0 spiro atoms. The van der Waals surface area contributed by atoms with Gasteiger partial charge in [-0.25, -0.2) is 8.42 Å². The molecule has 0 heterocycles. The normalized spacial score (nSPS) is 12.2. The van der Waals surface area contributed by atoms with E-state index in [2.05, 4.69) is 10.0 Å². The molecule has 0 saturated carbocycles. The highest BCUT2D eigenvalue weighted by Gasteiger charge is 2.26. The molecular weight excluding hydrogens is 448 g/mol. The van der Waals surface area contributed by atoms with Gasteiger partial charge in [-0.2, -0.15) is 4.72 Å². The van der Waals surface area contributed by atoms with Crippen LogP contribution in [0.4, 0.5) is 0 Å². The minimum Gasteiger partial charge on any atom is -0.492 e. The Hall–Kier alpha value is -2.87. The fourth-order valence-corrected chi connectivity index (χ4v) is 4.64. The van der Waals surface area contributed by atoms with Gasteiger partial charge in [-0.05, 0) is 42.7 Å². The van der Waals surface area contributed by atoms with Crippen LogP contribution in [-0.4, -0.2) is 27.0 Å². The van der Waals surface area contributed by atoms with Crippen molar-refractivity contribution in [2.24, 2.45) is 0 Å². The molecule has 0 radical (unpaired) electrons. The third kappa shape index (κ3) is 6.56. The van der Waals surface area contributed by atoms with E-state index in [1.165, 1.54) is 18.2 Å². The van der Waals surface area contributed by atoms with Crippen molar-refractivity contribution in [2.45, 2.75) is 30.8 Å². The van der Waals surface area contributed by atoms with Crippen molar-refractivity contribution in [2.75, 3.05) is 6.61 Å². The van der Waals surface area contributed by atoms with Crippen LogP contribution in [0.3, 0.4) is 0 Å². The Morgan fingerprint density at radius 3 is 2.19 bits per heavy atom. The molecule has 0 bridgehead atoms. The van der Waals surface area contributed by atoms with E-state index in [0.717, 1.165) is 11.1 Å². The van der Waals surface area contributed by atoms with Crippen LogP contribution in [0.2, 0.25) is 5.02 Å². The van der Waals surface area contributed by atoms with Gasteiger partial charge < -0.3 is 10.1 Å². The maximum absolute atomic E-state index is 13.0. The Morgan fingerprint density at radius 1 is 0.969 bits per heavy atom. The third-order valence-corrected chi connectivity index (χ3v) is 6.48. The molecule has 0 saturated heterocycles. The third-order valence-electron chi connectivity index (χ3n) is 4.72. The molecule has 0 aromatic heterocycles. The molecule has 0 aliphatic carbocycles. The molecule has 32 heavy (non-hydrogen) atoms. The predicted molar refractivity (Wildman–Crippen MR) is 125 cm³/mol. The number of amides is 1.